The topological polar surface area (TPSA) is 41.0 Å². The predicted octanol–water partition coefficient (Wildman–Crippen LogP) is 1.85. The van der Waals surface area contributed by atoms with Crippen molar-refractivity contribution in [1.82, 2.24) is 9.97 Å². The monoisotopic (exact) mass is 238 g/mol. The first kappa shape index (κ1) is 11.5. The van der Waals surface area contributed by atoms with Gasteiger partial charge in [0, 0.05) is 31.5 Å². The van der Waals surface area contributed by atoms with Crippen molar-refractivity contribution < 1.29 is 0 Å². The lowest BCUT2D eigenvalue weighted by atomic mass is 10.4. The molecular weight excluding hydrogens is 220 g/mol. The number of anilines is 2. The molecule has 0 radical (unpaired) electrons. The summed E-state index contributed by atoms with van der Waals surface area (Å²) in [6.45, 7) is 5.17. The Balaban J connectivity index is 2.08. The summed E-state index contributed by atoms with van der Waals surface area (Å²) >= 11 is 2.03. The number of thioether (sulfide) groups is 1. The van der Waals surface area contributed by atoms with Crippen LogP contribution in [0.5, 0.6) is 0 Å². The van der Waals surface area contributed by atoms with Crippen LogP contribution in [0, 0.1) is 0 Å². The van der Waals surface area contributed by atoms with E-state index in [9.17, 15) is 0 Å². The van der Waals surface area contributed by atoms with Gasteiger partial charge in [-0.3, -0.25) is 0 Å². The molecule has 16 heavy (non-hydrogen) atoms. The number of nitrogens with zero attached hydrogens (tertiary/aromatic N) is 3. The molecule has 1 aliphatic heterocycles. The van der Waals surface area contributed by atoms with Gasteiger partial charge in [-0.2, -0.15) is 11.8 Å². The van der Waals surface area contributed by atoms with Gasteiger partial charge in [0.2, 0.25) is 0 Å². The Kier molecular flexibility index (Phi) is 4.27. The summed E-state index contributed by atoms with van der Waals surface area (Å²) in [4.78, 5) is 10.9. The fourth-order valence-electron chi connectivity index (χ4n) is 1.77. The van der Waals surface area contributed by atoms with Crippen molar-refractivity contribution in [2.75, 3.05) is 41.4 Å². The second kappa shape index (κ2) is 5.94. The fraction of sp³-hybridized carbons (Fsp3) is 0.636. The zero-order chi connectivity index (χ0) is 11.2. The molecule has 1 aromatic rings. The van der Waals surface area contributed by atoms with Gasteiger partial charge in [-0.1, -0.05) is 0 Å². The van der Waals surface area contributed by atoms with Crippen LogP contribution in [0.15, 0.2) is 12.4 Å². The number of nitrogens with one attached hydrogen (secondary N) is 1. The molecule has 0 saturated carbocycles. The summed E-state index contributed by atoms with van der Waals surface area (Å²) in [5.41, 5.74) is 0. The van der Waals surface area contributed by atoms with E-state index in [1.54, 1.807) is 6.33 Å². The first-order chi connectivity index (χ1) is 7.90. The molecule has 0 amide bonds. The second-order valence-corrected chi connectivity index (χ2v) is 4.97. The third kappa shape index (κ3) is 3.01. The van der Waals surface area contributed by atoms with E-state index in [2.05, 4.69) is 27.1 Å². The molecule has 1 N–H and O–H groups in total. The molecule has 88 valence electrons. The van der Waals surface area contributed by atoms with Crippen LogP contribution in [0.1, 0.15) is 13.3 Å². The normalized spacial score (nSPS) is 16.9. The predicted molar refractivity (Wildman–Crippen MR) is 70.4 cm³/mol. The van der Waals surface area contributed by atoms with Gasteiger partial charge in [0.15, 0.2) is 0 Å². The molecular formula is C11H18N4S. The highest BCUT2D eigenvalue weighted by Gasteiger charge is 2.11. The average Bonchev–Trinajstić information content (AvgIpc) is 2.58. The van der Waals surface area contributed by atoms with Crippen LogP contribution < -0.4 is 10.2 Å². The van der Waals surface area contributed by atoms with Crippen molar-refractivity contribution in [3.8, 4) is 0 Å². The molecule has 0 aliphatic carbocycles. The Labute approximate surface area is 101 Å². The first-order valence-corrected chi connectivity index (χ1v) is 6.94. The summed E-state index contributed by atoms with van der Waals surface area (Å²) in [5.74, 6) is 4.43. The highest BCUT2D eigenvalue weighted by atomic mass is 32.2. The van der Waals surface area contributed by atoms with Gasteiger partial charge < -0.3 is 10.2 Å². The lowest BCUT2D eigenvalue weighted by Gasteiger charge is -2.21. The Bertz CT molecular complexity index is 324. The maximum Gasteiger partial charge on any atom is 0.134 e. The SMILES string of the molecule is CCNc1cc(N2CCCSCC2)ncn1. The maximum atomic E-state index is 4.35. The molecule has 1 saturated heterocycles. The van der Waals surface area contributed by atoms with Crippen molar-refractivity contribution in [3.63, 3.8) is 0 Å². The van der Waals surface area contributed by atoms with E-state index in [4.69, 9.17) is 0 Å². The van der Waals surface area contributed by atoms with Crippen LogP contribution in [0.25, 0.3) is 0 Å². The van der Waals surface area contributed by atoms with Gasteiger partial charge in [0.25, 0.3) is 0 Å². The fourth-order valence-corrected chi connectivity index (χ4v) is 2.66. The van der Waals surface area contributed by atoms with Crippen LogP contribution in [-0.4, -0.2) is 41.1 Å². The second-order valence-electron chi connectivity index (χ2n) is 3.74. The maximum absolute atomic E-state index is 4.35. The average molecular weight is 238 g/mol. The number of hydrogen-bond acceptors (Lipinski definition) is 5. The number of aromatic nitrogens is 2. The minimum atomic E-state index is 0.895. The summed E-state index contributed by atoms with van der Waals surface area (Å²) in [5, 5.41) is 3.22. The van der Waals surface area contributed by atoms with E-state index in [0.29, 0.717) is 0 Å². The number of rotatable bonds is 3. The Morgan fingerprint density at radius 3 is 3.19 bits per heavy atom. The highest BCUT2D eigenvalue weighted by Crippen LogP contribution is 2.18. The zero-order valence-corrected chi connectivity index (χ0v) is 10.5. The largest absolute Gasteiger partial charge is 0.370 e. The zero-order valence-electron chi connectivity index (χ0n) is 9.65. The van der Waals surface area contributed by atoms with E-state index in [1.807, 2.05) is 17.8 Å². The standard InChI is InChI=1S/C11H18N4S/c1-2-12-10-8-11(14-9-13-10)15-4-3-6-16-7-5-15/h8-9H,2-7H2,1H3,(H,12,13,14). The third-order valence-corrected chi connectivity index (χ3v) is 3.61. The lowest BCUT2D eigenvalue weighted by molar-refractivity contribution is 0.798. The summed E-state index contributed by atoms with van der Waals surface area (Å²) in [6, 6.07) is 2.04. The molecule has 0 bridgehead atoms. The van der Waals surface area contributed by atoms with E-state index >= 15 is 0 Å². The Morgan fingerprint density at radius 2 is 2.31 bits per heavy atom. The first-order valence-electron chi connectivity index (χ1n) is 5.79. The van der Waals surface area contributed by atoms with E-state index < -0.39 is 0 Å². The molecule has 1 aliphatic rings. The molecule has 0 unspecified atom stereocenters. The lowest BCUT2D eigenvalue weighted by Crippen LogP contribution is -2.26. The van der Waals surface area contributed by atoms with Crippen LogP contribution in [-0.2, 0) is 0 Å². The van der Waals surface area contributed by atoms with Gasteiger partial charge in [0.05, 0.1) is 0 Å². The Hall–Kier alpha value is -0.970. The molecule has 2 heterocycles. The molecule has 0 aromatic carbocycles. The number of hydrogen-bond donors (Lipinski definition) is 1. The minimum absolute atomic E-state index is 0.895. The summed E-state index contributed by atoms with van der Waals surface area (Å²) < 4.78 is 0. The molecule has 4 nitrogen and oxygen atoms in total. The highest BCUT2D eigenvalue weighted by molar-refractivity contribution is 7.99. The van der Waals surface area contributed by atoms with E-state index in [0.717, 1.165) is 31.3 Å². The molecule has 1 fully saturated rings. The summed E-state index contributed by atoms with van der Waals surface area (Å²) in [7, 11) is 0. The molecule has 2 rings (SSSR count). The third-order valence-electron chi connectivity index (χ3n) is 2.56. The van der Waals surface area contributed by atoms with Gasteiger partial charge in [-0.25, -0.2) is 9.97 Å². The van der Waals surface area contributed by atoms with Crippen molar-refractivity contribution in [2.24, 2.45) is 0 Å². The van der Waals surface area contributed by atoms with Crippen LogP contribution in [0.4, 0.5) is 11.6 Å². The van der Waals surface area contributed by atoms with Gasteiger partial charge in [0.1, 0.15) is 18.0 Å². The van der Waals surface area contributed by atoms with Gasteiger partial charge in [-0.15, -0.1) is 0 Å². The van der Waals surface area contributed by atoms with Crippen molar-refractivity contribution in [1.29, 1.82) is 0 Å². The minimum Gasteiger partial charge on any atom is -0.370 e. The van der Waals surface area contributed by atoms with Crippen molar-refractivity contribution >= 4 is 23.4 Å². The quantitative estimate of drug-likeness (QED) is 0.870. The smallest absolute Gasteiger partial charge is 0.134 e. The van der Waals surface area contributed by atoms with Gasteiger partial charge in [-0.05, 0) is 19.1 Å². The van der Waals surface area contributed by atoms with Crippen LogP contribution >= 0.6 is 11.8 Å². The van der Waals surface area contributed by atoms with E-state index in [-0.39, 0.29) is 0 Å². The molecule has 5 heteroatoms. The summed E-state index contributed by atoms with van der Waals surface area (Å²) in [6.07, 6.45) is 2.89. The van der Waals surface area contributed by atoms with Gasteiger partial charge >= 0.3 is 0 Å². The molecule has 0 spiro atoms. The molecule has 1 aromatic heterocycles. The molecule has 0 atom stereocenters. The Morgan fingerprint density at radius 1 is 1.38 bits per heavy atom. The van der Waals surface area contributed by atoms with Crippen molar-refractivity contribution in [3.05, 3.63) is 12.4 Å². The van der Waals surface area contributed by atoms with Crippen LogP contribution in [0.3, 0.4) is 0 Å². The van der Waals surface area contributed by atoms with E-state index in [1.165, 1.54) is 17.9 Å². The van der Waals surface area contributed by atoms with Crippen molar-refractivity contribution in [2.45, 2.75) is 13.3 Å². The van der Waals surface area contributed by atoms with Crippen LogP contribution in [0.2, 0.25) is 0 Å².